The van der Waals surface area contributed by atoms with E-state index >= 15 is 0 Å². The van der Waals surface area contributed by atoms with E-state index in [2.05, 4.69) is 9.05 Å². The van der Waals surface area contributed by atoms with Crippen molar-refractivity contribution in [1.29, 1.82) is 0 Å². The van der Waals surface area contributed by atoms with E-state index in [1.807, 2.05) is 0 Å². The van der Waals surface area contributed by atoms with Crippen molar-refractivity contribution in [3.63, 3.8) is 0 Å². The molecule has 0 bridgehead atoms. The van der Waals surface area contributed by atoms with Crippen molar-refractivity contribution in [3.05, 3.63) is 0 Å². The third-order valence-electron chi connectivity index (χ3n) is 5.62. The fourth-order valence-corrected chi connectivity index (χ4v) is 5.58. The number of ether oxygens (including phenoxy) is 3. The normalized spacial score (nSPS) is 46.5. The minimum Gasteiger partial charge on any atom is -0.756 e. The first-order valence-corrected chi connectivity index (χ1v) is 13.4. The summed E-state index contributed by atoms with van der Waals surface area (Å²) in [5.74, 6) is 0. The fourth-order valence-electron chi connectivity index (χ4n) is 3.68. The Morgan fingerprint density at radius 3 is 1.50 bits per heavy atom. The molecule has 0 aromatic carbocycles. The Balaban J connectivity index is 1.57. The molecule has 6 radical (unpaired) electrons. The molecule has 0 aliphatic carbocycles. The summed E-state index contributed by atoms with van der Waals surface area (Å²) in [5, 5.41) is 48.6. The van der Waals surface area contributed by atoms with Crippen molar-refractivity contribution < 1.29 is 76.8 Å². The molecular weight excluding hydrogens is 531 g/mol. The van der Waals surface area contributed by atoms with Gasteiger partial charge in [-0.25, -0.2) is 0 Å². The SMILES string of the molecule is [B][C@@H]1O[C@H](COP(=O)([O-])OC2[C@@H](COP(=O)([O-])OC3[C@@H](CO)O[C@@H]([B])[C@H]3O)O[C@@H]([B])[C@H]2O)C(O)[C@@H]1O. The molecule has 3 aliphatic rings. The van der Waals surface area contributed by atoms with E-state index in [1.165, 1.54) is 0 Å². The number of phosphoric ester groups is 2. The number of hydrogen-bond acceptors (Lipinski definition) is 16. The minimum absolute atomic E-state index is 0.731. The zero-order valence-corrected chi connectivity index (χ0v) is 20.2. The Bertz CT molecular complexity index is 843. The van der Waals surface area contributed by atoms with Gasteiger partial charge in [0.1, 0.15) is 72.4 Å². The number of phosphoric acid groups is 2. The molecule has 0 amide bonds. The van der Waals surface area contributed by atoms with Crippen molar-refractivity contribution >= 4 is 39.2 Å². The van der Waals surface area contributed by atoms with Gasteiger partial charge in [0, 0.05) is 18.0 Å². The number of rotatable bonds is 11. The molecule has 3 fully saturated rings. The van der Waals surface area contributed by atoms with Gasteiger partial charge in [-0.1, -0.05) is 0 Å². The van der Waals surface area contributed by atoms with Crippen LogP contribution in [0, 0.1) is 0 Å². The lowest BCUT2D eigenvalue weighted by atomic mass is 9.93. The highest BCUT2D eigenvalue weighted by molar-refractivity contribution is 7.46. The van der Waals surface area contributed by atoms with Crippen LogP contribution in [0.15, 0.2) is 0 Å². The maximum atomic E-state index is 12.3. The third kappa shape index (κ3) is 7.18. The number of aliphatic hydroxyl groups excluding tert-OH is 5. The highest BCUT2D eigenvalue weighted by Crippen LogP contribution is 2.46. The quantitative estimate of drug-likeness (QED) is 0.118. The Hall–Kier alpha value is 0.0948. The highest BCUT2D eigenvalue weighted by Gasteiger charge is 2.47. The summed E-state index contributed by atoms with van der Waals surface area (Å²) in [7, 11) is 5.86. The van der Waals surface area contributed by atoms with E-state index in [4.69, 9.17) is 46.8 Å². The molecule has 36 heavy (non-hydrogen) atoms. The predicted molar refractivity (Wildman–Crippen MR) is 111 cm³/mol. The zero-order chi connectivity index (χ0) is 27.0. The van der Waals surface area contributed by atoms with Crippen LogP contribution in [0.5, 0.6) is 0 Å². The lowest BCUT2D eigenvalue weighted by Crippen LogP contribution is -2.39. The van der Waals surface area contributed by atoms with Crippen molar-refractivity contribution in [1.82, 2.24) is 0 Å². The van der Waals surface area contributed by atoms with Crippen molar-refractivity contribution in [2.75, 3.05) is 19.8 Å². The highest BCUT2D eigenvalue weighted by atomic mass is 31.2. The second-order valence-electron chi connectivity index (χ2n) is 8.19. The Labute approximate surface area is 209 Å². The summed E-state index contributed by atoms with van der Waals surface area (Å²) < 4.78 is 58.3. The Kier molecular flexibility index (Phi) is 10.3. The molecule has 3 heterocycles. The molecule has 16 nitrogen and oxygen atoms in total. The molecule has 3 rings (SSSR count). The van der Waals surface area contributed by atoms with Crippen LogP contribution in [0.25, 0.3) is 0 Å². The van der Waals surface area contributed by atoms with Gasteiger partial charge in [0.25, 0.3) is 15.6 Å². The summed E-state index contributed by atoms with van der Waals surface area (Å²) in [6.45, 7) is -2.50. The number of aliphatic hydroxyl groups is 5. The van der Waals surface area contributed by atoms with Crippen LogP contribution in [0.4, 0.5) is 0 Å². The van der Waals surface area contributed by atoms with Gasteiger partial charge >= 0.3 is 0 Å². The predicted octanol–water partition coefficient (Wildman–Crippen LogP) is -6.16. The standard InChI is InChI=1S/C15H25B3O16P2/c16-13-8(21)7(20)5(31-13)2-28-35(24,25)34-12-6(32-15(18)10(12)23)3-29-36(26,27)33-11-4(1-19)30-14(17)9(11)22/h4-15,19-23H,1-3H2,(H,24,25)(H,26,27)/p-2/t4-,5-,6-,7?,8+,9+,10+,11?,12?,13-,14-,15-/m1/s1. The summed E-state index contributed by atoms with van der Waals surface area (Å²) in [4.78, 5) is 24.5. The van der Waals surface area contributed by atoms with E-state index in [0.717, 1.165) is 0 Å². The number of hydrogen-bond donors (Lipinski definition) is 5. The maximum absolute atomic E-state index is 12.3. The summed E-state index contributed by atoms with van der Waals surface area (Å²) in [6, 6.07) is -4.13. The smallest absolute Gasteiger partial charge is 0.268 e. The second-order valence-corrected chi connectivity index (χ2v) is 10.9. The first kappa shape index (κ1) is 30.6. The van der Waals surface area contributed by atoms with Gasteiger partial charge in [-0.3, -0.25) is 9.13 Å². The first-order valence-electron chi connectivity index (χ1n) is 10.5. The third-order valence-corrected chi connectivity index (χ3v) is 7.55. The molecule has 0 aromatic rings. The monoisotopic (exact) mass is 554 g/mol. The Morgan fingerprint density at radius 2 is 1.06 bits per heavy atom. The lowest BCUT2D eigenvalue weighted by molar-refractivity contribution is -0.239. The van der Waals surface area contributed by atoms with Gasteiger partial charge in [-0.05, 0) is 0 Å². The molecule has 0 aromatic heterocycles. The van der Waals surface area contributed by atoms with Gasteiger partial charge < -0.3 is 67.6 Å². The second kappa shape index (κ2) is 12.1. The zero-order valence-electron chi connectivity index (χ0n) is 18.4. The van der Waals surface area contributed by atoms with Crippen molar-refractivity contribution in [2.24, 2.45) is 0 Å². The largest absolute Gasteiger partial charge is 0.756 e. The van der Waals surface area contributed by atoms with Crippen LogP contribution >= 0.6 is 15.6 Å². The van der Waals surface area contributed by atoms with Gasteiger partial charge in [0.05, 0.1) is 25.9 Å². The molecule has 14 atom stereocenters. The maximum Gasteiger partial charge on any atom is 0.268 e. The fraction of sp³-hybridized carbons (Fsp3) is 1.00. The van der Waals surface area contributed by atoms with E-state index < -0.39 is 108 Å². The van der Waals surface area contributed by atoms with E-state index in [0.29, 0.717) is 0 Å². The minimum atomic E-state index is -5.26. The molecule has 3 aliphatic heterocycles. The molecule has 21 heteroatoms. The molecule has 0 saturated carbocycles. The summed E-state index contributed by atoms with van der Waals surface area (Å²) in [6.07, 6.45) is -14.0. The average Bonchev–Trinajstić information content (AvgIpc) is 3.33. The lowest BCUT2D eigenvalue weighted by Gasteiger charge is -2.32. The average molecular weight is 554 g/mol. The van der Waals surface area contributed by atoms with Crippen LogP contribution in [0.3, 0.4) is 0 Å². The molecule has 5 N–H and O–H groups in total. The molecule has 3 saturated heterocycles. The molecule has 0 spiro atoms. The van der Waals surface area contributed by atoms with Crippen LogP contribution in [-0.2, 0) is 41.4 Å². The van der Waals surface area contributed by atoms with Gasteiger partial charge in [-0.15, -0.1) is 0 Å². The van der Waals surface area contributed by atoms with Crippen molar-refractivity contribution in [2.45, 2.75) is 72.9 Å². The first-order chi connectivity index (χ1) is 16.7. The van der Waals surface area contributed by atoms with Gasteiger partial charge in [0.15, 0.2) is 0 Å². The summed E-state index contributed by atoms with van der Waals surface area (Å²) >= 11 is 0. The van der Waals surface area contributed by atoms with Gasteiger partial charge in [-0.2, -0.15) is 0 Å². The van der Waals surface area contributed by atoms with Crippen LogP contribution in [0.2, 0.25) is 0 Å². The van der Waals surface area contributed by atoms with E-state index in [1.54, 1.807) is 0 Å². The van der Waals surface area contributed by atoms with Gasteiger partial charge in [0.2, 0.25) is 0 Å². The van der Waals surface area contributed by atoms with Crippen LogP contribution in [-0.4, -0.2) is 142 Å². The van der Waals surface area contributed by atoms with Crippen LogP contribution in [0.1, 0.15) is 0 Å². The van der Waals surface area contributed by atoms with E-state index in [9.17, 15) is 44.4 Å². The van der Waals surface area contributed by atoms with Crippen LogP contribution < -0.4 is 9.79 Å². The summed E-state index contributed by atoms with van der Waals surface area (Å²) in [5.41, 5.74) is 0. The topological polar surface area (TPSA) is 246 Å². The molecule has 5 unspecified atom stereocenters. The molecule has 200 valence electrons. The van der Waals surface area contributed by atoms with Crippen molar-refractivity contribution in [3.8, 4) is 0 Å². The molecular formula is C15H23B3O16P2-2. The Morgan fingerprint density at radius 1 is 0.667 bits per heavy atom. The van der Waals surface area contributed by atoms with E-state index in [-0.39, 0.29) is 0 Å².